The Labute approximate surface area is 134 Å². The van der Waals surface area contributed by atoms with Crippen LogP contribution in [0.5, 0.6) is 5.75 Å². The fraction of sp³-hybridized carbons (Fsp3) is 0.235. The molecule has 0 aliphatic carbocycles. The lowest BCUT2D eigenvalue weighted by atomic mass is 10.2. The van der Waals surface area contributed by atoms with Crippen molar-refractivity contribution in [1.82, 2.24) is 0 Å². The molecule has 0 heterocycles. The molecule has 23 heavy (non-hydrogen) atoms. The van der Waals surface area contributed by atoms with Gasteiger partial charge in [-0.15, -0.1) is 0 Å². The minimum atomic E-state index is -0.837. The summed E-state index contributed by atoms with van der Waals surface area (Å²) in [6, 6.07) is 15.3. The van der Waals surface area contributed by atoms with Crippen LogP contribution in [0, 0.1) is 10.1 Å². The van der Waals surface area contributed by atoms with Gasteiger partial charge in [0.2, 0.25) is 0 Å². The maximum Gasteiger partial charge on any atom is 0.310 e. The normalized spacial score (nSPS) is 11.6. The monoisotopic (exact) mass is 314 g/mol. The average molecular weight is 314 g/mol. The Hall–Kier alpha value is -2.89. The van der Waals surface area contributed by atoms with Gasteiger partial charge in [-0.25, -0.2) is 0 Å². The van der Waals surface area contributed by atoms with Crippen LogP contribution in [0.25, 0.3) is 0 Å². The average Bonchev–Trinajstić information content (AvgIpc) is 2.56. The molecule has 1 atom stereocenters. The Morgan fingerprint density at radius 2 is 1.78 bits per heavy atom. The molecule has 6 nitrogen and oxygen atoms in total. The molecule has 0 unspecified atom stereocenters. The lowest BCUT2D eigenvalue weighted by molar-refractivity contribution is -0.386. The van der Waals surface area contributed by atoms with Crippen molar-refractivity contribution >= 4 is 17.3 Å². The van der Waals surface area contributed by atoms with E-state index in [0.29, 0.717) is 6.54 Å². The molecule has 2 aromatic carbocycles. The summed E-state index contributed by atoms with van der Waals surface area (Å²) in [7, 11) is 0. The largest absolute Gasteiger partial charge is 0.474 e. The van der Waals surface area contributed by atoms with Crippen LogP contribution >= 0.6 is 0 Å². The van der Waals surface area contributed by atoms with Gasteiger partial charge < -0.3 is 9.64 Å². The van der Waals surface area contributed by atoms with E-state index in [4.69, 9.17) is 4.74 Å². The Balaban J connectivity index is 2.18. The van der Waals surface area contributed by atoms with Crippen LogP contribution in [0.3, 0.4) is 0 Å². The minimum Gasteiger partial charge on any atom is -0.474 e. The highest BCUT2D eigenvalue weighted by Crippen LogP contribution is 2.27. The number of anilines is 1. The third-order valence-electron chi connectivity index (χ3n) is 3.36. The second-order valence-corrected chi connectivity index (χ2v) is 4.90. The first-order valence-corrected chi connectivity index (χ1v) is 7.31. The maximum absolute atomic E-state index is 12.6. The molecule has 120 valence electrons. The number of carbonyl (C=O) groups is 1. The Morgan fingerprint density at radius 3 is 2.39 bits per heavy atom. The van der Waals surface area contributed by atoms with E-state index in [1.807, 2.05) is 37.3 Å². The van der Waals surface area contributed by atoms with Crippen LogP contribution in [-0.2, 0) is 4.79 Å². The third-order valence-corrected chi connectivity index (χ3v) is 3.36. The summed E-state index contributed by atoms with van der Waals surface area (Å²) in [5, 5.41) is 11.0. The highest BCUT2D eigenvalue weighted by atomic mass is 16.6. The minimum absolute atomic E-state index is 0.0856. The molecule has 2 rings (SSSR count). The van der Waals surface area contributed by atoms with E-state index in [-0.39, 0.29) is 17.3 Å². The SMILES string of the molecule is CCN(C(=O)[C@H](C)Oc1ccccc1[N+](=O)[O-])c1ccccc1. The summed E-state index contributed by atoms with van der Waals surface area (Å²) >= 11 is 0. The number of nitro groups is 1. The summed E-state index contributed by atoms with van der Waals surface area (Å²) in [5.41, 5.74) is 0.605. The lowest BCUT2D eigenvalue weighted by Gasteiger charge is -2.24. The van der Waals surface area contributed by atoms with Crippen LogP contribution in [0.2, 0.25) is 0 Å². The summed E-state index contributed by atoms with van der Waals surface area (Å²) < 4.78 is 5.54. The quantitative estimate of drug-likeness (QED) is 0.605. The molecular weight excluding hydrogens is 296 g/mol. The number of hydrogen-bond donors (Lipinski definition) is 0. The number of ether oxygens (including phenoxy) is 1. The van der Waals surface area contributed by atoms with Gasteiger partial charge in [0.15, 0.2) is 11.9 Å². The Bertz CT molecular complexity index is 688. The van der Waals surface area contributed by atoms with Crippen molar-refractivity contribution in [2.24, 2.45) is 0 Å². The molecule has 0 saturated carbocycles. The van der Waals surface area contributed by atoms with Crippen LogP contribution in [0.4, 0.5) is 11.4 Å². The zero-order valence-electron chi connectivity index (χ0n) is 13.0. The van der Waals surface area contributed by atoms with Crippen LogP contribution in [0.1, 0.15) is 13.8 Å². The maximum atomic E-state index is 12.6. The first-order chi connectivity index (χ1) is 11.0. The number of likely N-dealkylation sites (N-methyl/N-ethyl adjacent to an activating group) is 1. The molecule has 2 aromatic rings. The number of amides is 1. The predicted octanol–water partition coefficient (Wildman–Crippen LogP) is 3.42. The van der Waals surface area contributed by atoms with E-state index < -0.39 is 11.0 Å². The fourth-order valence-corrected chi connectivity index (χ4v) is 2.24. The van der Waals surface area contributed by atoms with E-state index in [9.17, 15) is 14.9 Å². The second kappa shape index (κ2) is 7.40. The molecule has 6 heteroatoms. The Morgan fingerprint density at radius 1 is 1.17 bits per heavy atom. The number of para-hydroxylation sites is 3. The zero-order valence-corrected chi connectivity index (χ0v) is 13.0. The highest BCUT2D eigenvalue weighted by molar-refractivity contribution is 5.96. The summed E-state index contributed by atoms with van der Waals surface area (Å²) in [6.45, 7) is 3.93. The van der Waals surface area contributed by atoms with Crippen molar-refractivity contribution in [3.63, 3.8) is 0 Å². The number of nitro benzene ring substituents is 1. The van der Waals surface area contributed by atoms with Gasteiger partial charge in [0.1, 0.15) is 0 Å². The summed E-state index contributed by atoms with van der Waals surface area (Å²) in [6.07, 6.45) is -0.837. The van der Waals surface area contributed by atoms with Crippen molar-refractivity contribution in [3.05, 3.63) is 64.7 Å². The molecule has 0 aliphatic rings. The number of carbonyl (C=O) groups excluding carboxylic acids is 1. The zero-order chi connectivity index (χ0) is 16.8. The molecule has 0 aromatic heterocycles. The van der Waals surface area contributed by atoms with E-state index in [1.165, 1.54) is 12.1 Å². The highest BCUT2D eigenvalue weighted by Gasteiger charge is 2.25. The molecule has 0 aliphatic heterocycles. The Kier molecular flexibility index (Phi) is 5.30. The van der Waals surface area contributed by atoms with Gasteiger partial charge in [0.05, 0.1) is 4.92 Å². The molecule has 0 radical (unpaired) electrons. The first kappa shape index (κ1) is 16.5. The van der Waals surface area contributed by atoms with Crippen LogP contribution in [-0.4, -0.2) is 23.5 Å². The molecular formula is C17H18N2O4. The number of nitrogens with zero attached hydrogens (tertiary/aromatic N) is 2. The van der Waals surface area contributed by atoms with Gasteiger partial charge in [-0.05, 0) is 32.0 Å². The lowest BCUT2D eigenvalue weighted by Crippen LogP contribution is -2.40. The molecule has 0 N–H and O–H groups in total. The van der Waals surface area contributed by atoms with E-state index in [1.54, 1.807) is 24.0 Å². The number of benzene rings is 2. The van der Waals surface area contributed by atoms with Crippen molar-refractivity contribution in [2.45, 2.75) is 20.0 Å². The molecule has 0 fully saturated rings. The standard InChI is InChI=1S/C17H18N2O4/c1-3-18(14-9-5-4-6-10-14)17(20)13(2)23-16-12-8-7-11-15(16)19(21)22/h4-13H,3H2,1-2H3/t13-/m0/s1. The van der Waals surface area contributed by atoms with E-state index >= 15 is 0 Å². The van der Waals surface area contributed by atoms with Crippen LogP contribution in [0.15, 0.2) is 54.6 Å². The van der Waals surface area contributed by atoms with Gasteiger partial charge >= 0.3 is 5.69 Å². The summed E-state index contributed by atoms with van der Waals surface area (Å²) in [4.78, 5) is 24.7. The number of hydrogen-bond acceptors (Lipinski definition) is 4. The van der Waals surface area contributed by atoms with Crippen molar-refractivity contribution in [2.75, 3.05) is 11.4 Å². The third kappa shape index (κ3) is 3.85. The van der Waals surface area contributed by atoms with Gasteiger partial charge in [-0.1, -0.05) is 30.3 Å². The second-order valence-electron chi connectivity index (χ2n) is 4.90. The molecule has 0 saturated heterocycles. The first-order valence-electron chi connectivity index (χ1n) is 7.31. The van der Waals surface area contributed by atoms with Crippen molar-refractivity contribution in [1.29, 1.82) is 0 Å². The van der Waals surface area contributed by atoms with Crippen molar-refractivity contribution in [3.8, 4) is 5.75 Å². The molecule has 0 bridgehead atoms. The topological polar surface area (TPSA) is 72.7 Å². The van der Waals surface area contributed by atoms with E-state index in [2.05, 4.69) is 0 Å². The van der Waals surface area contributed by atoms with Gasteiger partial charge in [-0.3, -0.25) is 14.9 Å². The molecule has 1 amide bonds. The van der Waals surface area contributed by atoms with E-state index in [0.717, 1.165) is 5.69 Å². The van der Waals surface area contributed by atoms with Crippen LogP contribution < -0.4 is 9.64 Å². The number of rotatable bonds is 6. The smallest absolute Gasteiger partial charge is 0.310 e. The van der Waals surface area contributed by atoms with Gasteiger partial charge in [0.25, 0.3) is 5.91 Å². The van der Waals surface area contributed by atoms with Gasteiger partial charge in [-0.2, -0.15) is 0 Å². The predicted molar refractivity (Wildman–Crippen MR) is 87.7 cm³/mol. The molecule has 0 spiro atoms. The van der Waals surface area contributed by atoms with Gasteiger partial charge in [0, 0.05) is 18.3 Å². The van der Waals surface area contributed by atoms with Crippen molar-refractivity contribution < 1.29 is 14.5 Å². The summed E-state index contributed by atoms with van der Waals surface area (Å²) in [5.74, 6) is -0.167. The fourth-order valence-electron chi connectivity index (χ4n) is 2.24.